The summed E-state index contributed by atoms with van der Waals surface area (Å²) in [5.74, 6) is -0.304. The molecule has 1 aliphatic rings. The van der Waals surface area contributed by atoms with E-state index in [1.165, 1.54) is 11.0 Å². The van der Waals surface area contributed by atoms with Gasteiger partial charge in [0.05, 0.1) is 10.6 Å². The van der Waals surface area contributed by atoms with Gasteiger partial charge in [0.1, 0.15) is 4.90 Å². The molecule has 11 heteroatoms. The maximum atomic E-state index is 13.0. The van der Waals surface area contributed by atoms with E-state index >= 15 is 0 Å². The molecular formula is C18H15Cl2F3N2O3S. The van der Waals surface area contributed by atoms with Crippen LogP contribution in [0.25, 0.3) is 0 Å². The lowest BCUT2D eigenvalue weighted by Crippen LogP contribution is -2.50. The number of rotatable bonds is 3. The molecule has 0 aromatic heterocycles. The standard InChI is InChI=1S/C18H15Cl2F3N2O3S/c19-14-3-1-2-12(10-14)17(26)24-6-8-25(9-7-24)29(27,28)16-11-13(18(21,22)23)4-5-15(16)20/h1-5,10-11H,6-9H2. The van der Waals surface area contributed by atoms with E-state index in [1.807, 2.05) is 0 Å². The Morgan fingerprint density at radius 1 is 0.966 bits per heavy atom. The second-order valence-electron chi connectivity index (χ2n) is 6.35. The maximum absolute atomic E-state index is 13.0. The van der Waals surface area contributed by atoms with Gasteiger partial charge in [-0.25, -0.2) is 8.42 Å². The SMILES string of the molecule is O=C(c1cccc(Cl)c1)N1CCN(S(=O)(=O)c2cc(C(F)(F)F)ccc2Cl)CC1. The Morgan fingerprint density at radius 2 is 1.62 bits per heavy atom. The van der Waals surface area contributed by atoms with Gasteiger partial charge >= 0.3 is 6.18 Å². The van der Waals surface area contributed by atoms with Crippen molar-refractivity contribution in [3.63, 3.8) is 0 Å². The van der Waals surface area contributed by atoms with Gasteiger partial charge in [0.2, 0.25) is 10.0 Å². The molecule has 0 aliphatic carbocycles. The molecule has 5 nitrogen and oxygen atoms in total. The number of carbonyl (C=O) groups is 1. The van der Waals surface area contributed by atoms with Crippen molar-refractivity contribution in [1.29, 1.82) is 0 Å². The van der Waals surface area contributed by atoms with Gasteiger partial charge < -0.3 is 4.90 Å². The van der Waals surface area contributed by atoms with Crippen molar-refractivity contribution in [3.05, 3.63) is 63.6 Å². The normalized spacial score (nSPS) is 16.1. The van der Waals surface area contributed by atoms with Crippen LogP contribution in [0.2, 0.25) is 10.0 Å². The molecule has 0 spiro atoms. The summed E-state index contributed by atoms with van der Waals surface area (Å²) in [4.78, 5) is 13.4. The van der Waals surface area contributed by atoms with Crippen LogP contribution in [0, 0.1) is 0 Å². The van der Waals surface area contributed by atoms with Crippen LogP contribution in [0.4, 0.5) is 13.2 Å². The third-order valence-corrected chi connectivity index (χ3v) is 7.09. The van der Waals surface area contributed by atoms with Gasteiger partial charge in [-0.3, -0.25) is 4.79 Å². The number of sulfonamides is 1. The smallest absolute Gasteiger partial charge is 0.336 e. The number of piperazine rings is 1. The summed E-state index contributed by atoms with van der Waals surface area (Å²) in [6, 6.07) is 8.53. The molecule has 1 amide bonds. The minimum absolute atomic E-state index is 0.0682. The Balaban J connectivity index is 1.77. The Labute approximate surface area is 175 Å². The lowest BCUT2D eigenvalue weighted by molar-refractivity contribution is -0.137. The van der Waals surface area contributed by atoms with Crippen molar-refractivity contribution >= 4 is 39.1 Å². The molecule has 29 heavy (non-hydrogen) atoms. The number of carbonyl (C=O) groups excluding carboxylic acids is 1. The first kappa shape index (κ1) is 21.9. The van der Waals surface area contributed by atoms with Gasteiger partial charge in [-0.05, 0) is 36.4 Å². The molecule has 0 N–H and O–H groups in total. The van der Waals surface area contributed by atoms with Crippen LogP contribution in [-0.2, 0) is 16.2 Å². The van der Waals surface area contributed by atoms with E-state index in [0.29, 0.717) is 16.7 Å². The number of nitrogens with zero attached hydrogens (tertiary/aromatic N) is 2. The van der Waals surface area contributed by atoms with E-state index in [0.717, 1.165) is 16.4 Å². The molecule has 3 rings (SSSR count). The molecule has 0 atom stereocenters. The highest BCUT2D eigenvalue weighted by molar-refractivity contribution is 7.89. The second kappa shape index (κ2) is 8.14. The van der Waals surface area contributed by atoms with Crippen molar-refractivity contribution in [1.82, 2.24) is 9.21 Å². The molecule has 1 fully saturated rings. The average Bonchev–Trinajstić information content (AvgIpc) is 2.67. The molecule has 0 unspecified atom stereocenters. The number of benzene rings is 2. The number of alkyl halides is 3. The highest BCUT2D eigenvalue weighted by Crippen LogP contribution is 2.34. The van der Waals surface area contributed by atoms with Gasteiger partial charge in [0, 0.05) is 36.8 Å². The molecule has 2 aromatic carbocycles. The molecule has 0 bridgehead atoms. The fraction of sp³-hybridized carbons (Fsp3) is 0.278. The van der Waals surface area contributed by atoms with E-state index in [-0.39, 0.29) is 37.1 Å². The number of halogens is 5. The van der Waals surface area contributed by atoms with Gasteiger partial charge in [-0.1, -0.05) is 29.3 Å². The molecule has 1 heterocycles. The first-order valence-corrected chi connectivity index (χ1v) is 10.6. The van der Waals surface area contributed by atoms with Crippen LogP contribution >= 0.6 is 23.2 Å². The summed E-state index contributed by atoms with van der Waals surface area (Å²) in [5.41, 5.74) is -0.732. The second-order valence-corrected chi connectivity index (χ2v) is 9.10. The predicted molar refractivity (Wildman–Crippen MR) is 103 cm³/mol. The van der Waals surface area contributed by atoms with Crippen LogP contribution < -0.4 is 0 Å². The van der Waals surface area contributed by atoms with E-state index in [2.05, 4.69) is 0 Å². The number of hydrogen-bond acceptors (Lipinski definition) is 3. The Morgan fingerprint density at radius 3 is 2.21 bits per heavy atom. The van der Waals surface area contributed by atoms with Crippen molar-refractivity contribution in [2.24, 2.45) is 0 Å². The van der Waals surface area contributed by atoms with Gasteiger partial charge in [0.25, 0.3) is 5.91 Å². The van der Waals surface area contributed by atoms with Crippen LogP contribution in [0.15, 0.2) is 47.4 Å². The van der Waals surface area contributed by atoms with E-state index in [9.17, 15) is 26.4 Å². The Hall–Kier alpha value is -1.81. The van der Waals surface area contributed by atoms with E-state index in [4.69, 9.17) is 23.2 Å². The largest absolute Gasteiger partial charge is 0.416 e. The van der Waals surface area contributed by atoms with Gasteiger partial charge in [-0.15, -0.1) is 0 Å². The van der Waals surface area contributed by atoms with Crippen LogP contribution in [0.3, 0.4) is 0 Å². The molecule has 0 radical (unpaired) electrons. The highest BCUT2D eigenvalue weighted by atomic mass is 35.5. The minimum Gasteiger partial charge on any atom is -0.336 e. The third kappa shape index (κ3) is 4.69. The molecule has 1 aliphatic heterocycles. The summed E-state index contributed by atoms with van der Waals surface area (Å²) in [6.07, 6.45) is -4.70. The van der Waals surface area contributed by atoms with E-state index in [1.54, 1.807) is 18.2 Å². The Bertz CT molecular complexity index is 1040. The summed E-state index contributed by atoms with van der Waals surface area (Å²) in [5, 5.41) is 0.103. The Kier molecular flexibility index (Phi) is 6.14. The maximum Gasteiger partial charge on any atom is 0.416 e. The fourth-order valence-corrected chi connectivity index (χ4v) is 5.06. The zero-order valence-corrected chi connectivity index (χ0v) is 17.1. The lowest BCUT2D eigenvalue weighted by Gasteiger charge is -2.34. The summed E-state index contributed by atoms with van der Waals surface area (Å²) < 4.78 is 65.6. The molecule has 156 valence electrons. The predicted octanol–water partition coefficient (Wildman–Crippen LogP) is 4.16. The molecular weight excluding hydrogens is 452 g/mol. The topological polar surface area (TPSA) is 57.7 Å². The molecule has 1 saturated heterocycles. The van der Waals surface area contributed by atoms with Crippen LogP contribution in [0.5, 0.6) is 0 Å². The summed E-state index contributed by atoms with van der Waals surface area (Å²) >= 11 is 11.8. The fourth-order valence-electron chi connectivity index (χ4n) is 2.95. The highest BCUT2D eigenvalue weighted by Gasteiger charge is 2.36. The van der Waals surface area contributed by atoms with Gasteiger partial charge in [-0.2, -0.15) is 17.5 Å². The van der Waals surface area contributed by atoms with Gasteiger partial charge in [0.15, 0.2) is 0 Å². The van der Waals surface area contributed by atoms with Crippen LogP contribution in [0.1, 0.15) is 15.9 Å². The zero-order valence-electron chi connectivity index (χ0n) is 14.8. The number of hydrogen-bond donors (Lipinski definition) is 0. The molecule has 2 aromatic rings. The van der Waals surface area contributed by atoms with Crippen molar-refractivity contribution < 1.29 is 26.4 Å². The first-order valence-electron chi connectivity index (χ1n) is 8.42. The lowest BCUT2D eigenvalue weighted by atomic mass is 10.2. The minimum atomic E-state index is -4.70. The average molecular weight is 467 g/mol. The van der Waals surface area contributed by atoms with E-state index < -0.39 is 26.7 Å². The van der Waals surface area contributed by atoms with Crippen molar-refractivity contribution in [2.45, 2.75) is 11.1 Å². The monoisotopic (exact) mass is 466 g/mol. The third-order valence-electron chi connectivity index (χ3n) is 4.47. The zero-order chi connectivity index (χ0) is 21.4. The molecule has 0 saturated carbocycles. The van der Waals surface area contributed by atoms with Crippen LogP contribution in [-0.4, -0.2) is 49.7 Å². The van der Waals surface area contributed by atoms with Crippen molar-refractivity contribution in [2.75, 3.05) is 26.2 Å². The quantitative estimate of drug-likeness (QED) is 0.682. The van der Waals surface area contributed by atoms with Crippen molar-refractivity contribution in [3.8, 4) is 0 Å². The summed E-state index contributed by atoms with van der Waals surface area (Å²) in [7, 11) is -4.25. The number of amides is 1. The summed E-state index contributed by atoms with van der Waals surface area (Å²) in [6.45, 7) is 0.0325. The first-order chi connectivity index (χ1) is 13.5.